The molecule has 2 aromatic carbocycles. The number of halogens is 1. The first kappa shape index (κ1) is 25.7. The molecular formula is C26H34ClNO4. The minimum atomic E-state index is -0.557. The van der Waals surface area contributed by atoms with Gasteiger partial charge >= 0.3 is 5.97 Å². The van der Waals surface area contributed by atoms with Crippen molar-refractivity contribution < 1.29 is 19.1 Å². The molecule has 2 aromatic rings. The number of esters is 1. The molecule has 2 rings (SSSR count). The summed E-state index contributed by atoms with van der Waals surface area (Å²) >= 11 is 6.14. The molecule has 0 atom stereocenters. The summed E-state index contributed by atoms with van der Waals surface area (Å²) in [5, 5.41) is 3.60. The second-order valence-electron chi connectivity index (χ2n) is 9.78. The maximum atomic E-state index is 12.3. The third-order valence-electron chi connectivity index (χ3n) is 4.65. The molecule has 0 saturated carbocycles. The quantitative estimate of drug-likeness (QED) is 0.378. The van der Waals surface area contributed by atoms with E-state index in [-0.39, 0.29) is 11.3 Å². The van der Waals surface area contributed by atoms with E-state index in [4.69, 9.17) is 21.1 Å². The third kappa shape index (κ3) is 8.19. The van der Waals surface area contributed by atoms with Crippen LogP contribution in [-0.4, -0.2) is 30.6 Å². The molecule has 0 bridgehead atoms. The summed E-state index contributed by atoms with van der Waals surface area (Å²) < 4.78 is 11.3. The summed E-state index contributed by atoms with van der Waals surface area (Å²) in [6.07, 6.45) is 1.60. The van der Waals surface area contributed by atoms with Crippen molar-refractivity contribution in [2.75, 3.05) is 13.2 Å². The van der Waals surface area contributed by atoms with Gasteiger partial charge in [-0.3, -0.25) is 4.79 Å². The largest absolute Gasteiger partial charge is 0.493 e. The predicted octanol–water partition coefficient (Wildman–Crippen LogP) is 6.18. The van der Waals surface area contributed by atoms with Crippen molar-refractivity contribution in [2.24, 2.45) is 0 Å². The monoisotopic (exact) mass is 459 g/mol. The van der Waals surface area contributed by atoms with Gasteiger partial charge in [0.2, 0.25) is 0 Å². The average molecular weight is 460 g/mol. The molecule has 32 heavy (non-hydrogen) atoms. The summed E-state index contributed by atoms with van der Waals surface area (Å²) in [7, 11) is 0. The Hall–Kier alpha value is -2.53. The minimum absolute atomic E-state index is 0.0623. The maximum Gasteiger partial charge on any atom is 0.338 e. The standard InChI is InChI=1S/C26H34ClNO4/c1-25(2,3)21-17-20(27)13-14-22(21)31-16-8-7-15-28-23(29)18-9-11-19(12-10-18)24(30)32-26(4,5)6/h9-14,17H,7-8,15-16H2,1-6H3,(H,28,29). The molecule has 6 heteroatoms. The van der Waals surface area contributed by atoms with Crippen LogP contribution >= 0.6 is 11.6 Å². The lowest BCUT2D eigenvalue weighted by Crippen LogP contribution is -2.25. The number of hydrogen-bond donors (Lipinski definition) is 1. The number of nitrogens with one attached hydrogen (secondary N) is 1. The first-order valence-electron chi connectivity index (χ1n) is 10.9. The smallest absolute Gasteiger partial charge is 0.338 e. The Morgan fingerprint density at radius 3 is 2.12 bits per heavy atom. The third-order valence-corrected chi connectivity index (χ3v) is 4.88. The van der Waals surface area contributed by atoms with Gasteiger partial charge < -0.3 is 14.8 Å². The summed E-state index contributed by atoms with van der Waals surface area (Å²) in [4.78, 5) is 24.4. The maximum absolute atomic E-state index is 12.3. The molecule has 0 fully saturated rings. The molecule has 0 aromatic heterocycles. The normalized spacial score (nSPS) is 11.7. The fourth-order valence-corrected chi connectivity index (χ4v) is 3.19. The van der Waals surface area contributed by atoms with Crippen LogP contribution in [0.3, 0.4) is 0 Å². The SMILES string of the molecule is CC(C)(C)OC(=O)c1ccc(C(=O)NCCCCOc2ccc(Cl)cc2C(C)(C)C)cc1. The lowest BCUT2D eigenvalue weighted by atomic mass is 9.86. The molecule has 0 aliphatic carbocycles. The van der Waals surface area contributed by atoms with Crippen LogP contribution in [-0.2, 0) is 10.2 Å². The Morgan fingerprint density at radius 2 is 1.53 bits per heavy atom. The van der Waals surface area contributed by atoms with Gasteiger partial charge in [-0.1, -0.05) is 32.4 Å². The van der Waals surface area contributed by atoms with Crippen molar-refractivity contribution in [3.8, 4) is 5.75 Å². The van der Waals surface area contributed by atoms with E-state index in [9.17, 15) is 9.59 Å². The van der Waals surface area contributed by atoms with Gasteiger partial charge in [0.1, 0.15) is 11.4 Å². The zero-order valence-corrected chi connectivity index (χ0v) is 20.6. The zero-order valence-electron chi connectivity index (χ0n) is 19.9. The van der Waals surface area contributed by atoms with E-state index in [1.165, 1.54) is 0 Å². The van der Waals surface area contributed by atoms with E-state index in [2.05, 4.69) is 26.1 Å². The molecule has 1 amide bonds. The molecule has 5 nitrogen and oxygen atoms in total. The summed E-state index contributed by atoms with van der Waals surface area (Å²) in [5.74, 6) is 0.269. The molecule has 0 aliphatic rings. The second kappa shape index (κ2) is 10.9. The van der Waals surface area contributed by atoms with Crippen molar-refractivity contribution in [1.82, 2.24) is 5.32 Å². The number of hydrogen-bond acceptors (Lipinski definition) is 4. The Labute approximate surface area is 196 Å². The zero-order chi connectivity index (χ0) is 23.9. The van der Waals surface area contributed by atoms with E-state index in [0.29, 0.717) is 29.3 Å². The van der Waals surface area contributed by atoms with Gasteiger partial charge in [0.25, 0.3) is 5.91 Å². The molecule has 0 unspecified atom stereocenters. The van der Waals surface area contributed by atoms with E-state index < -0.39 is 11.6 Å². The van der Waals surface area contributed by atoms with Crippen LogP contribution in [0.2, 0.25) is 5.02 Å². The van der Waals surface area contributed by atoms with Gasteiger partial charge in [0.05, 0.1) is 12.2 Å². The first-order chi connectivity index (χ1) is 14.9. The molecular weight excluding hydrogens is 426 g/mol. The highest BCUT2D eigenvalue weighted by Crippen LogP contribution is 2.33. The summed E-state index contributed by atoms with van der Waals surface area (Å²) in [5.41, 5.74) is 1.38. The Bertz CT molecular complexity index is 924. The molecule has 0 heterocycles. The van der Waals surface area contributed by atoms with Gasteiger partial charge in [-0.05, 0) is 81.5 Å². The summed E-state index contributed by atoms with van der Waals surface area (Å²) in [6, 6.07) is 12.2. The molecule has 0 radical (unpaired) electrons. The van der Waals surface area contributed by atoms with E-state index in [0.717, 1.165) is 24.2 Å². The number of rotatable bonds is 8. The van der Waals surface area contributed by atoms with Gasteiger partial charge in [0, 0.05) is 22.7 Å². The highest BCUT2D eigenvalue weighted by atomic mass is 35.5. The van der Waals surface area contributed by atoms with E-state index in [1.54, 1.807) is 24.3 Å². The Morgan fingerprint density at radius 1 is 0.906 bits per heavy atom. The van der Waals surface area contributed by atoms with Crippen LogP contribution in [0, 0.1) is 0 Å². The molecule has 174 valence electrons. The van der Waals surface area contributed by atoms with Gasteiger partial charge in [-0.2, -0.15) is 0 Å². The van der Waals surface area contributed by atoms with Crippen molar-refractivity contribution in [3.63, 3.8) is 0 Å². The van der Waals surface area contributed by atoms with Crippen molar-refractivity contribution >= 4 is 23.5 Å². The lowest BCUT2D eigenvalue weighted by molar-refractivity contribution is 0.00693. The van der Waals surface area contributed by atoms with Crippen LogP contribution in [0.5, 0.6) is 5.75 Å². The first-order valence-corrected chi connectivity index (χ1v) is 11.3. The van der Waals surface area contributed by atoms with Crippen LogP contribution in [0.4, 0.5) is 0 Å². The van der Waals surface area contributed by atoms with Crippen molar-refractivity contribution in [3.05, 3.63) is 64.2 Å². The van der Waals surface area contributed by atoms with Gasteiger partial charge in [0.15, 0.2) is 0 Å². The number of unbranched alkanes of at least 4 members (excludes halogenated alkanes) is 1. The fourth-order valence-electron chi connectivity index (χ4n) is 3.02. The number of amides is 1. The number of ether oxygens (including phenoxy) is 2. The van der Waals surface area contributed by atoms with Gasteiger partial charge in [-0.15, -0.1) is 0 Å². The molecule has 0 spiro atoms. The predicted molar refractivity (Wildman–Crippen MR) is 129 cm³/mol. The van der Waals surface area contributed by atoms with Crippen LogP contribution in [0.15, 0.2) is 42.5 Å². The molecule has 1 N–H and O–H groups in total. The summed E-state index contributed by atoms with van der Waals surface area (Å²) in [6.45, 7) is 12.9. The average Bonchev–Trinajstić information content (AvgIpc) is 2.69. The molecule has 0 saturated heterocycles. The highest BCUT2D eigenvalue weighted by molar-refractivity contribution is 6.30. The van der Waals surface area contributed by atoms with Crippen molar-refractivity contribution in [1.29, 1.82) is 0 Å². The lowest BCUT2D eigenvalue weighted by Gasteiger charge is -2.23. The number of benzene rings is 2. The Balaban J connectivity index is 1.76. The number of carbonyl (C=O) groups excluding carboxylic acids is 2. The van der Waals surface area contributed by atoms with Gasteiger partial charge in [-0.25, -0.2) is 4.79 Å². The molecule has 0 aliphatic heterocycles. The van der Waals surface area contributed by atoms with Crippen LogP contribution in [0.25, 0.3) is 0 Å². The van der Waals surface area contributed by atoms with Crippen LogP contribution in [0.1, 0.15) is 80.7 Å². The van der Waals surface area contributed by atoms with Crippen LogP contribution < -0.4 is 10.1 Å². The van der Waals surface area contributed by atoms with E-state index >= 15 is 0 Å². The fraction of sp³-hybridized carbons (Fsp3) is 0.462. The second-order valence-corrected chi connectivity index (χ2v) is 10.2. The number of carbonyl (C=O) groups is 2. The minimum Gasteiger partial charge on any atom is -0.493 e. The van der Waals surface area contributed by atoms with E-state index in [1.807, 2.05) is 39.0 Å². The Kier molecular flexibility index (Phi) is 8.73. The van der Waals surface area contributed by atoms with Crippen molar-refractivity contribution in [2.45, 2.75) is 65.4 Å². The highest BCUT2D eigenvalue weighted by Gasteiger charge is 2.20. The topological polar surface area (TPSA) is 64.6 Å².